The van der Waals surface area contributed by atoms with Gasteiger partial charge in [0.2, 0.25) is 0 Å². The van der Waals surface area contributed by atoms with Crippen LogP contribution < -0.4 is 11.1 Å². The van der Waals surface area contributed by atoms with Gasteiger partial charge in [-0.15, -0.1) is 0 Å². The molecule has 0 aromatic heterocycles. The van der Waals surface area contributed by atoms with Crippen molar-refractivity contribution >= 4 is 0 Å². The van der Waals surface area contributed by atoms with E-state index in [0.717, 1.165) is 55.3 Å². The molecule has 0 radical (unpaired) electrons. The maximum atomic E-state index is 15.1. The van der Waals surface area contributed by atoms with E-state index in [1.165, 1.54) is 44.1 Å². The molecule has 2 nitrogen and oxygen atoms in total. The molecule has 2 aliphatic carbocycles. The highest BCUT2D eigenvalue weighted by molar-refractivity contribution is 5.64. The molecular formula is C31H45FN2. The summed E-state index contributed by atoms with van der Waals surface area (Å²) in [5.74, 6) is 1.65. The Morgan fingerprint density at radius 2 is 1.50 bits per heavy atom. The highest BCUT2D eigenvalue weighted by Gasteiger charge is 2.26. The fourth-order valence-electron chi connectivity index (χ4n) is 6.29. The molecule has 0 spiro atoms. The zero-order valence-electron chi connectivity index (χ0n) is 21.4. The lowest BCUT2D eigenvalue weighted by molar-refractivity contribution is 0.277. The lowest BCUT2D eigenvalue weighted by Crippen LogP contribution is -2.33. The van der Waals surface area contributed by atoms with E-state index < -0.39 is 0 Å². The molecule has 0 amide bonds. The van der Waals surface area contributed by atoms with Gasteiger partial charge in [-0.1, -0.05) is 56.7 Å². The van der Waals surface area contributed by atoms with Crippen molar-refractivity contribution in [3.05, 3.63) is 59.4 Å². The molecule has 2 fully saturated rings. The van der Waals surface area contributed by atoms with Crippen molar-refractivity contribution in [2.75, 3.05) is 6.54 Å². The standard InChI is InChI=1S/C31H45FN2/c1-3-5-20-34-28-17-14-25(15-18-28)29-19-16-27(21-30(29)32)24-8-6-22(7-9-24)23-10-12-26(13-11-23)31(33)4-2/h6-9,16,19,21,23,25-26,28,31,34H,3-5,10-15,17-18,20,33H2,1-2H3. The molecule has 0 saturated heterocycles. The Hall–Kier alpha value is -1.71. The second kappa shape index (κ2) is 12.3. The van der Waals surface area contributed by atoms with E-state index in [9.17, 15) is 0 Å². The summed E-state index contributed by atoms with van der Waals surface area (Å²) >= 11 is 0. The molecule has 2 saturated carbocycles. The van der Waals surface area contributed by atoms with Gasteiger partial charge in [-0.2, -0.15) is 0 Å². The van der Waals surface area contributed by atoms with Crippen LogP contribution in [0.4, 0.5) is 4.39 Å². The summed E-state index contributed by atoms with van der Waals surface area (Å²) in [7, 11) is 0. The van der Waals surface area contributed by atoms with E-state index >= 15 is 4.39 Å². The van der Waals surface area contributed by atoms with Crippen molar-refractivity contribution in [1.29, 1.82) is 0 Å². The molecule has 34 heavy (non-hydrogen) atoms. The summed E-state index contributed by atoms with van der Waals surface area (Å²) < 4.78 is 15.1. The van der Waals surface area contributed by atoms with E-state index in [1.54, 1.807) is 6.07 Å². The molecule has 1 atom stereocenters. The second-order valence-corrected chi connectivity index (χ2v) is 10.9. The Kier molecular flexibility index (Phi) is 9.19. The number of nitrogens with two attached hydrogens (primary N) is 1. The Morgan fingerprint density at radius 1 is 0.853 bits per heavy atom. The third-order valence-electron chi connectivity index (χ3n) is 8.69. The molecule has 2 aromatic rings. The zero-order valence-corrected chi connectivity index (χ0v) is 21.4. The van der Waals surface area contributed by atoms with Gasteiger partial charge in [0.15, 0.2) is 0 Å². The number of benzene rings is 2. The summed E-state index contributed by atoms with van der Waals surface area (Å²) in [4.78, 5) is 0. The third-order valence-corrected chi connectivity index (χ3v) is 8.69. The quantitative estimate of drug-likeness (QED) is 0.370. The topological polar surface area (TPSA) is 38.0 Å². The van der Waals surface area contributed by atoms with Crippen molar-refractivity contribution in [2.45, 2.75) is 108 Å². The zero-order chi connectivity index (χ0) is 23.9. The van der Waals surface area contributed by atoms with Crippen LogP contribution in [0.25, 0.3) is 11.1 Å². The lowest BCUT2D eigenvalue weighted by Gasteiger charge is -2.32. The van der Waals surface area contributed by atoms with Gasteiger partial charge in [0.05, 0.1) is 0 Å². The van der Waals surface area contributed by atoms with Crippen LogP contribution in [-0.2, 0) is 0 Å². The van der Waals surface area contributed by atoms with Crippen molar-refractivity contribution in [3.8, 4) is 11.1 Å². The smallest absolute Gasteiger partial charge is 0.127 e. The lowest BCUT2D eigenvalue weighted by atomic mass is 9.75. The minimum absolute atomic E-state index is 0.0328. The van der Waals surface area contributed by atoms with Crippen molar-refractivity contribution in [1.82, 2.24) is 5.32 Å². The first-order valence-corrected chi connectivity index (χ1v) is 14.0. The Labute approximate surface area is 206 Å². The fourth-order valence-corrected chi connectivity index (χ4v) is 6.29. The number of rotatable bonds is 9. The molecule has 3 N–H and O–H groups in total. The van der Waals surface area contributed by atoms with Gasteiger partial charge < -0.3 is 11.1 Å². The van der Waals surface area contributed by atoms with E-state index in [0.29, 0.717) is 29.8 Å². The first-order chi connectivity index (χ1) is 16.6. The molecule has 0 bridgehead atoms. The fraction of sp³-hybridized carbons (Fsp3) is 0.613. The van der Waals surface area contributed by atoms with E-state index in [-0.39, 0.29) is 5.82 Å². The number of nitrogens with one attached hydrogen (secondary N) is 1. The van der Waals surface area contributed by atoms with Crippen LogP contribution in [0.1, 0.15) is 107 Å². The minimum atomic E-state index is -0.0328. The average molecular weight is 465 g/mol. The summed E-state index contributed by atoms with van der Waals surface area (Å²) in [5, 5.41) is 3.68. The molecule has 2 aliphatic rings. The number of hydrogen-bond donors (Lipinski definition) is 2. The molecule has 186 valence electrons. The van der Waals surface area contributed by atoms with Crippen LogP contribution in [-0.4, -0.2) is 18.6 Å². The Morgan fingerprint density at radius 3 is 2.12 bits per heavy atom. The maximum absolute atomic E-state index is 15.1. The summed E-state index contributed by atoms with van der Waals surface area (Å²) in [6, 6.07) is 15.8. The highest BCUT2D eigenvalue weighted by atomic mass is 19.1. The average Bonchev–Trinajstić information content (AvgIpc) is 2.89. The van der Waals surface area contributed by atoms with Crippen LogP contribution in [0, 0.1) is 11.7 Å². The van der Waals surface area contributed by atoms with Gasteiger partial charge >= 0.3 is 0 Å². The third kappa shape index (κ3) is 6.29. The van der Waals surface area contributed by atoms with Crippen LogP contribution >= 0.6 is 0 Å². The van der Waals surface area contributed by atoms with Crippen molar-refractivity contribution in [2.24, 2.45) is 11.7 Å². The van der Waals surface area contributed by atoms with Gasteiger partial charge in [-0.25, -0.2) is 4.39 Å². The van der Waals surface area contributed by atoms with Crippen LogP contribution in [0.5, 0.6) is 0 Å². The molecule has 2 aromatic carbocycles. The molecule has 0 aliphatic heterocycles. The first kappa shape index (κ1) is 25.4. The maximum Gasteiger partial charge on any atom is 0.127 e. The van der Waals surface area contributed by atoms with Gasteiger partial charge in [0, 0.05) is 12.1 Å². The van der Waals surface area contributed by atoms with E-state index in [1.807, 2.05) is 6.07 Å². The molecule has 0 heterocycles. The highest BCUT2D eigenvalue weighted by Crippen LogP contribution is 2.39. The van der Waals surface area contributed by atoms with Crippen LogP contribution in [0.3, 0.4) is 0 Å². The van der Waals surface area contributed by atoms with E-state index in [4.69, 9.17) is 5.73 Å². The summed E-state index contributed by atoms with van der Waals surface area (Å²) in [5.41, 5.74) is 10.7. The summed E-state index contributed by atoms with van der Waals surface area (Å²) in [6.07, 6.45) is 13.0. The Balaban J connectivity index is 1.33. The molecule has 1 unspecified atom stereocenters. The van der Waals surface area contributed by atoms with Crippen LogP contribution in [0.2, 0.25) is 0 Å². The molecule has 4 rings (SSSR count). The number of unbranched alkanes of at least 4 members (excludes halogenated alkanes) is 1. The van der Waals surface area contributed by atoms with Gasteiger partial charge in [-0.3, -0.25) is 0 Å². The minimum Gasteiger partial charge on any atom is -0.327 e. The first-order valence-electron chi connectivity index (χ1n) is 14.0. The van der Waals surface area contributed by atoms with Crippen molar-refractivity contribution < 1.29 is 4.39 Å². The van der Waals surface area contributed by atoms with Crippen molar-refractivity contribution in [3.63, 3.8) is 0 Å². The second-order valence-electron chi connectivity index (χ2n) is 10.9. The number of hydrogen-bond acceptors (Lipinski definition) is 2. The Bertz CT molecular complexity index is 877. The SMILES string of the molecule is CCCCNC1CCC(c2ccc(-c3ccc(C4CCC(C(N)CC)CC4)cc3)cc2F)CC1. The predicted molar refractivity (Wildman–Crippen MR) is 143 cm³/mol. The van der Waals surface area contributed by atoms with E-state index in [2.05, 4.69) is 49.5 Å². The van der Waals surface area contributed by atoms with Gasteiger partial charge in [0.1, 0.15) is 5.82 Å². The number of halogens is 1. The molecular weight excluding hydrogens is 419 g/mol. The van der Waals surface area contributed by atoms with Gasteiger partial charge in [-0.05, 0) is 117 Å². The predicted octanol–water partition coefficient (Wildman–Crippen LogP) is 7.92. The summed E-state index contributed by atoms with van der Waals surface area (Å²) in [6.45, 7) is 5.54. The normalized spacial score (nSPS) is 26.4. The molecule has 3 heteroatoms. The largest absolute Gasteiger partial charge is 0.327 e. The monoisotopic (exact) mass is 464 g/mol. The van der Waals surface area contributed by atoms with Crippen LogP contribution in [0.15, 0.2) is 42.5 Å². The van der Waals surface area contributed by atoms with Gasteiger partial charge in [0.25, 0.3) is 0 Å².